The van der Waals surface area contributed by atoms with Crippen LogP contribution < -0.4 is 10.9 Å². The zero-order chi connectivity index (χ0) is 22.2. The number of pyridine rings is 1. The van der Waals surface area contributed by atoms with Crippen molar-refractivity contribution in [1.29, 1.82) is 0 Å². The number of halogens is 1. The molecule has 0 amide bonds. The van der Waals surface area contributed by atoms with E-state index in [1.54, 1.807) is 19.2 Å². The van der Waals surface area contributed by atoms with Gasteiger partial charge in [0.2, 0.25) is 16.0 Å². The molecule has 3 atom stereocenters. The number of sulfonamides is 1. The lowest BCUT2D eigenvalue weighted by atomic mass is 9.91. The van der Waals surface area contributed by atoms with E-state index >= 15 is 0 Å². The summed E-state index contributed by atoms with van der Waals surface area (Å²) in [6.45, 7) is 2.49. The summed E-state index contributed by atoms with van der Waals surface area (Å²) in [6, 6.07) is 2.20. The minimum absolute atomic E-state index is 0.00457. The van der Waals surface area contributed by atoms with Crippen LogP contribution in [-0.4, -0.2) is 69.5 Å². The predicted octanol–water partition coefficient (Wildman–Crippen LogP) is 1.44. The summed E-state index contributed by atoms with van der Waals surface area (Å²) in [5.41, 5.74) is -0.0327. The molecule has 0 radical (unpaired) electrons. The zero-order valence-electron chi connectivity index (χ0n) is 17.4. The highest BCUT2D eigenvalue weighted by Gasteiger charge is 2.33. The molecule has 1 saturated heterocycles. The number of fused-ring (bicyclic) bond motifs is 1. The Hall–Kier alpha value is -2.11. The Kier molecular flexibility index (Phi) is 6.27. The number of aliphatic hydroxyl groups excluding tert-OH is 1. The number of aliphatic hydroxyl groups is 1. The summed E-state index contributed by atoms with van der Waals surface area (Å²) >= 11 is 0. The highest BCUT2D eigenvalue weighted by molar-refractivity contribution is 7.89. The van der Waals surface area contributed by atoms with E-state index in [4.69, 9.17) is 0 Å². The molecular weight excluding hydrogens is 425 g/mol. The number of nitrogens with zero attached hydrogens (tertiary/aromatic N) is 4. The molecule has 1 aliphatic carbocycles. The van der Waals surface area contributed by atoms with Crippen molar-refractivity contribution in [2.24, 2.45) is 0 Å². The molecular formula is C20H28FN5O4S. The molecule has 31 heavy (non-hydrogen) atoms. The van der Waals surface area contributed by atoms with E-state index in [-0.39, 0.29) is 30.2 Å². The number of nitrogens with one attached hydrogen (secondary N) is 1. The fourth-order valence-electron chi connectivity index (χ4n) is 4.43. The van der Waals surface area contributed by atoms with Crippen molar-refractivity contribution in [2.45, 2.75) is 63.4 Å². The van der Waals surface area contributed by atoms with Gasteiger partial charge in [-0.05, 0) is 45.1 Å². The van der Waals surface area contributed by atoms with Crippen molar-refractivity contribution in [3.63, 3.8) is 0 Å². The van der Waals surface area contributed by atoms with E-state index in [0.717, 1.165) is 0 Å². The van der Waals surface area contributed by atoms with Gasteiger partial charge in [-0.15, -0.1) is 0 Å². The number of hydrogen-bond donors (Lipinski definition) is 2. The van der Waals surface area contributed by atoms with Gasteiger partial charge in [0.05, 0.1) is 17.9 Å². The second-order valence-electron chi connectivity index (χ2n) is 8.28. The zero-order valence-corrected chi connectivity index (χ0v) is 18.3. The van der Waals surface area contributed by atoms with E-state index in [1.165, 1.54) is 14.9 Å². The molecule has 0 aromatic carbocycles. The average Bonchev–Trinajstić information content (AvgIpc) is 2.76. The van der Waals surface area contributed by atoms with Gasteiger partial charge >= 0.3 is 0 Å². The first kappa shape index (κ1) is 22.1. The highest BCUT2D eigenvalue weighted by atomic mass is 32.2. The molecule has 1 aliphatic heterocycles. The number of anilines is 1. The summed E-state index contributed by atoms with van der Waals surface area (Å²) in [6.07, 6.45) is 1.68. The SMILES string of the molecule is CCS(=O)(=O)N1CCC(Nc2ncc3ccc(=O)n([C@@H]4C[C@@H](O)CC[C@H]4F)c3n2)CC1. The third kappa shape index (κ3) is 4.58. The van der Waals surface area contributed by atoms with Gasteiger partial charge in [-0.3, -0.25) is 9.36 Å². The fraction of sp³-hybridized carbons (Fsp3) is 0.650. The van der Waals surface area contributed by atoms with E-state index in [0.29, 0.717) is 49.3 Å². The molecule has 11 heteroatoms. The molecule has 2 aliphatic rings. The summed E-state index contributed by atoms with van der Waals surface area (Å²) in [7, 11) is -3.20. The fourth-order valence-corrected chi connectivity index (χ4v) is 5.56. The average molecular weight is 454 g/mol. The van der Waals surface area contributed by atoms with Gasteiger partial charge in [0, 0.05) is 36.8 Å². The van der Waals surface area contributed by atoms with Gasteiger partial charge in [-0.1, -0.05) is 0 Å². The highest BCUT2D eigenvalue weighted by Crippen LogP contribution is 2.32. The van der Waals surface area contributed by atoms with Crippen LogP contribution in [0.5, 0.6) is 0 Å². The second kappa shape index (κ2) is 8.79. The van der Waals surface area contributed by atoms with Crippen LogP contribution in [0.15, 0.2) is 23.1 Å². The topological polar surface area (TPSA) is 117 Å². The van der Waals surface area contributed by atoms with E-state index < -0.39 is 28.3 Å². The van der Waals surface area contributed by atoms with Crippen molar-refractivity contribution in [3.8, 4) is 0 Å². The van der Waals surface area contributed by atoms with Crippen molar-refractivity contribution < 1.29 is 17.9 Å². The third-order valence-corrected chi connectivity index (χ3v) is 8.13. The maximum Gasteiger partial charge on any atom is 0.252 e. The van der Waals surface area contributed by atoms with Crippen LogP contribution in [-0.2, 0) is 10.0 Å². The summed E-state index contributed by atoms with van der Waals surface area (Å²) in [5.74, 6) is 0.400. The number of alkyl halides is 1. The third-order valence-electron chi connectivity index (χ3n) is 6.25. The van der Waals surface area contributed by atoms with Gasteiger partial charge < -0.3 is 10.4 Å². The molecule has 0 spiro atoms. The van der Waals surface area contributed by atoms with Gasteiger partial charge in [0.15, 0.2) is 0 Å². The van der Waals surface area contributed by atoms with E-state index in [1.807, 2.05) is 0 Å². The van der Waals surface area contributed by atoms with Crippen LogP contribution in [0.2, 0.25) is 0 Å². The van der Waals surface area contributed by atoms with Gasteiger partial charge in [-0.25, -0.2) is 22.1 Å². The monoisotopic (exact) mass is 453 g/mol. The lowest BCUT2D eigenvalue weighted by molar-refractivity contribution is 0.0555. The maximum absolute atomic E-state index is 14.7. The molecule has 2 N–H and O–H groups in total. The van der Waals surface area contributed by atoms with Gasteiger partial charge in [-0.2, -0.15) is 4.98 Å². The largest absolute Gasteiger partial charge is 0.393 e. The molecule has 4 rings (SSSR count). The standard InChI is InChI=1S/C20H28FN5O4S/c1-2-31(29,30)25-9-7-14(8-10-25)23-20-22-12-13-3-6-18(28)26(19(13)24-20)17-11-15(27)4-5-16(17)21/h3,6,12,14-17,27H,2,4-5,7-11H2,1H3,(H,22,23,24)/t15-,16+,17+/m0/s1. The van der Waals surface area contributed by atoms with Crippen molar-refractivity contribution in [3.05, 3.63) is 28.7 Å². The Balaban J connectivity index is 1.58. The molecule has 3 heterocycles. The lowest BCUT2D eigenvalue weighted by Gasteiger charge is -2.32. The Labute approximate surface area is 180 Å². The molecule has 2 aromatic rings. The number of aromatic nitrogens is 3. The first-order valence-electron chi connectivity index (χ1n) is 10.7. The predicted molar refractivity (Wildman–Crippen MR) is 115 cm³/mol. The Morgan fingerprint density at radius 3 is 2.68 bits per heavy atom. The molecule has 0 unspecified atom stereocenters. The quantitative estimate of drug-likeness (QED) is 0.703. The lowest BCUT2D eigenvalue weighted by Crippen LogP contribution is -2.43. The van der Waals surface area contributed by atoms with Crippen LogP contribution in [0.4, 0.5) is 10.3 Å². The summed E-state index contributed by atoms with van der Waals surface area (Å²) in [5, 5.41) is 13.9. The number of hydrogen-bond acceptors (Lipinski definition) is 7. The molecule has 1 saturated carbocycles. The van der Waals surface area contributed by atoms with Crippen molar-refractivity contribution >= 4 is 27.0 Å². The summed E-state index contributed by atoms with van der Waals surface area (Å²) < 4.78 is 41.6. The minimum atomic E-state index is -3.20. The van der Waals surface area contributed by atoms with E-state index in [2.05, 4.69) is 15.3 Å². The maximum atomic E-state index is 14.7. The second-order valence-corrected chi connectivity index (χ2v) is 10.5. The van der Waals surface area contributed by atoms with Crippen molar-refractivity contribution in [2.75, 3.05) is 24.2 Å². The normalized spacial score (nSPS) is 26.2. The number of piperidine rings is 1. The Morgan fingerprint density at radius 1 is 1.23 bits per heavy atom. The van der Waals surface area contributed by atoms with Gasteiger partial charge in [0.1, 0.15) is 11.8 Å². The molecule has 2 aromatic heterocycles. The van der Waals surface area contributed by atoms with Crippen LogP contribution in [0.25, 0.3) is 11.0 Å². The smallest absolute Gasteiger partial charge is 0.252 e. The first-order valence-corrected chi connectivity index (χ1v) is 12.3. The summed E-state index contributed by atoms with van der Waals surface area (Å²) in [4.78, 5) is 21.4. The van der Waals surface area contributed by atoms with Crippen LogP contribution in [0, 0.1) is 0 Å². The molecule has 9 nitrogen and oxygen atoms in total. The number of rotatable bonds is 5. The molecule has 170 valence electrons. The molecule has 0 bridgehead atoms. The minimum Gasteiger partial charge on any atom is -0.393 e. The van der Waals surface area contributed by atoms with E-state index in [9.17, 15) is 22.7 Å². The Bertz CT molecular complexity index is 1100. The van der Waals surface area contributed by atoms with Crippen LogP contribution in [0.3, 0.4) is 0 Å². The van der Waals surface area contributed by atoms with Crippen molar-refractivity contribution in [1.82, 2.24) is 18.8 Å². The van der Waals surface area contributed by atoms with Crippen LogP contribution in [0.1, 0.15) is 45.1 Å². The Morgan fingerprint density at radius 2 is 1.97 bits per heavy atom. The van der Waals surface area contributed by atoms with Crippen LogP contribution >= 0.6 is 0 Å². The molecule has 2 fully saturated rings. The van der Waals surface area contributed by atoms with Gasteiger partial charge in [0.25, 0.3) is 5.56 Å². The first-order chi connectivity index (χ1) is 14.8.